The Morgan fingerprint density at radius 2 is 2.18 bits per heavy atom. The maximum Gasteiger partial charge on any atom is 0.0931 e. The number of thiophene rings is 1. The summed E-state index contributed by atoms with van der Waals surface area (Å²) in [5.74, 6) is 0. The lowest BCUT2D eigenvalue weighted by Crippen LogP contribution is -2.54. The van der Waals surface area contributed by atoms with Gasteiger partial charge in [-0.2, -0.15) is 0 Å². The minimum atomic E-state index is 0.0868. The molecule has 0 saturated heterocycles. The van der Waals surface area contributed by atoms with E-state index in [0.717, 1.165) is 10.9 Å². The monoisotopic (exact) mass is 272 g/mol. The third-order valence-corrected chi connectivity index (χ3v) is 5.78. The largest absolute Gasteiger partial charge is 0.329 e. The first kappa shape index (κ1) is 13.3. The first-order valence-electron chi connectivity index (χ1n) is 6.07. The maximum atomic E-state index is 6.03. The van der Waals surface area contributed by atoms with Crippen molar-refractivity contribution in [2.45, 2.75) is 38.8 Å². The maximum absolute atomic E-state index is 6.03. The van der Waals surface area contributed by atoms with Crippen LogP contribution in [0.25, 0.3) is 0 Å². The molecule has 1 aromatic rings. The average Bonchev–Trinajstić information content (AvgIpc) is 2.92. The molecule has 2 N–H and O–H groups in total. The van der Waals surface area contributed by atoms with E-state index < -0.39 is 0 Å². The van der Waals surface area contributed by atoms with E-state index in [9.17, 15) is 0 Å². The molecule has 1 aliphatic rings. The fourth-order valence-electron chi connectivity index (χ4n) is 2.43. The number of rotatable bonds is 5. The number of nitrogens with two attached hydrogens (primary N) is 1. The highest BCUT2D eigenvalue weighted by Crippen LogP contribution is 2.55. The molecule has 17 heavy (non-hydrogen) atoms. The van der Waals surface area contributed by atoms with Crippen LogP contribution in [0.15, 0.2) is 12.1 Å². The quantitative estimate of drug-likeness (QED) is 0.891. The molecular formula is C13H21ClN2S. The molecule has 0 aliphatic heterocycles. The van der Waals surface area contributed by atoms with Crippen molar-refractivity contribution in [1.82, 2.24) is 4.90 Å². The second-order valence-electron chi connectivity index (χ2n) is 5.60. The first-order valence-corrected chi connectivity index (χ1v) is 7.26. The predicted molar refractivity (Wildman–Crippen MR) is 75.6 cm³/mol. The highest BCUT2D eigenvalue weighted by atomic mass is 35.5. The van der Waals surface area contributed by atoms with Crippen LogP contribution in [-0.2, 0) is 6.54 Å². The van der Waals surface area contributed by atoms with Gasteiger partial charge >= 0.3 is 0 Å². The fraction of sp³-hybridized carbons (Fsp3) is 0.692. The zero-order valence-corrected chi connectivity index (χ0v) is 12.4. The standard InChI is InChI=1S/C13H21ClN2S/c1-12(6-7-12)13(2,9-15)16(3)8-10-4-5-11(14)17-10/h4-5H,6-9,15H2,1-3H3. The third kappa shape index (κ3) is 2.39. The van der Waals surface area contributed by atoms with Crippen LogP contribution in [0.1, 0.15) is 31.6 Å². The van der Waals surface area contributed by atoms with Crippen molar-refractivity contribution in [3.63, 3.8) is 0 Å². The second kappa shape index (κ2) is 4.54. The van der Waals surface area contributed by atoms with Crippen LogP contribution in [0.3, 0.4) is 0 Å². The summed E-state index contributed by atoms with van der Waals surface area (Å²) >= 11 is 7.63. The van der Waals surface area contributed by atoms with E-state index in [4.69, 9.17) is 17.3 Å². The first-order chi connectivity index (χ1) is 7.91. The van der Waals surface area contributed by atoms with Crippen LogP contribution >= 0.6 is 22.9 Å². The molecule has 1 atom stereocenters. The van der Waals surface area contributed by atoms with Crippen LogP contribution in [0.2, 0.25) is 4.34 Å². The lowest BCUT2D eigenvalue weighted by atomic mass is 9.82. The molecule has 1 heterocycles. The van der Waals surface area contributed by atoms with Gasteiger partial charge < -0.3 is 5.73 Å². The number of halogens is 1. The Morgan fingerprint density at radius 3 is 2.59 bits per heavy atom. The van der Waals surface area contributed by atoms with Crippen molar-refractivity contribution >= 4 is 22.9 Å². The minimum Gasteiger partial charge on any atom is -0.329 e. The van der Waals surface area contributed by atoms with E-state index in [0.29, 0.717) is 12.0 Å². The summed E-state index contributed by atoms with van der Waals surface area (Å²) in [7, 11) is 2.17. The average molecular weight is 273 g/mol. The lowest BCUT2D eigenvalue weighted by molar-refractivity contribution is 0.0668. The molecule has 1 aliphatic carbocycles. The smallest absolute Gasteiger partial charge is 0.0931 e. The van der Waals surface area contributed by atoms with E-state index in [1.807, 2.05) is 6.07 Å². The van der Waals surface area contributed by atoms with Gasteiger partial charge in [-0.15, -0.1) is 11.3 Å². The molecule has 1 fully saturated rings. The number of hydrogen-bond donors (Lipinski definition) is 1. The number of nitrogens with zero attached hydrogens (tertiary/aromatic N) is 1. The van der Waals surface area contributed by atoms with Crippen LogP contribution in [0.4, 0.5) is 0 Å². The van der Waals surface area contributed by atoms with Gasteiger partial charge in [0, 0.05) is 23.5 Å². The van der Waals surface area contributed by atoms with Crippen molar-refractivity contribution in [2.24, 2.45) is 11.1 Å². The molecule has 1 saturated carbocycles. The number of hydrogen-bond acceptors (Lipinski definition) is 3. The SMILES string of the molecule is CN(Cc1ccc(Cl)s1)C(C)(CN)C1(C)CC1. The molecule has 0 amide bonds. The molecule has 1 unspecified atom stereocenters. The normalized spacial score (nSPS) is 21.5. The van der Waals surface area contributed by atoms with E-state index >= 15 is 0 Å². The molecule has 0 aromatic carbocycles. The van der Waals surface area contributed by atoms with Crippen molar-refractivity contribution in [3.8, 4) is 0 Å². The van der Waals surface area contributed by atoms with Crippen LogP contribution in [0, 0.1) is 5.41 Å². The Morgan fingerprint density at radius 1 is 1.53 bits per heavy atom. The lowest BCUT2D eigenvalue weighted by Gasteiger charge is -2.43. The van der Waals surface area contributed by atoms with Gasteiger partial charge in [-0.3, -0.25) is 4.90 Å². The molecule has 1 aromatic heterocycles. The van der Waals surface area contributed by atoms with Gasteiger partial charge in [-0.1, -0.05) is 18.5 Å². The summed E-state index contributed by atoms with van der Waals surface area (Å²) in [6.07, 6.45) is 2.58. The Hall–Kier alpha value is -0.0900. The zero-order valence-electron chi connectivity index (χ0n) is 10.8. The van der Waals surface area contributed by atoms with Gasteiger partial charge in [0.2, 0.25) is 0 Å². The van der Waals surface area contributed by atoms with Crippen molar-refractivity contribution in [1.29, 1.82) is 0 Å². The topological polar surface area (TPSA) is 29.3 Å². The number of likely N-dealkylation sites (N-methyl/N-ethyl adjacent to an activating group) is 1. The van der Waals surface area contributed by atoms with Crippen LogP contribution < -0.4 is 5.73 Å². The summed E-state index contributed by atoms with van der Waals surface area (Å²) in [5.41, 5.74) is 6.50. The molecule has 0 spiro atoms. The highest BCUT2D eigenvalue weighted by Gasteiger charge is 2.54. The molecule has 2 rings (SSSR count). The van der Waals surface area contributed by atoms with Gasteiger partial charge in [-0.05, 0) is 44.4 Å². The highest BCUT2D eigenvalue weighted by molar-refractivity contribution is 7.16. The molecule has 0 radical (unpaired) electrons. The molecule has 2 nitrogen and oxygen atoms in total. The van der Waals surface area contributed by atoms with Gasteiger partial charge in [0.05, 0.1) is 4.34 Å². The second-order valence-corrected chi connectivity index (χ2v) is 7.40. The Bertz CT molecular complexity index is 400. The third-order valence-electron chi connectivity index (χ3n) is 4.56. The Kier molecular flexibility index (Phi) is 3.56. The van der Waals surface area contributed by atoms with Gasteiger partial charge in [0.1, 0.15) is 0 Å². The summed E-state index contributed by atoms with van der Waals surface area (Å²) in [6, 6.07) is 4.07. The van der Waals surface area contributed by atoms with Crippen molar-refractivity contribution in [3.05, 3.63) is 21.3 Å². The van der Waals surface area contributed by atoms with E-state index in [-0.39, 0.29) is 5.54 Å². The van der Waals surface area contributed by atoms with Gasteiger partial charge in [-0.25, -0.2) is 0 Å². The Balaban J connectivity index is 2.10. The fourth-order valence-corrected chi connectivity index (χ4v) is 3.58. The summed E-state index contributed by atoms with van der Waals surface area (Å²) in [6.45, 7) is 6.27. The van der Waals surface area contributed by atoms with E-state index in [1.54, 1.807) is 11.3 Å². The molecule has 96 valence electrons. The molecular weight excluding hydrogens is 252 g/mol. The summed E-state index contributed by atoms with van der Waals surface area (Å²) in [5, 5.41) is 0. The van der Waals surface area contributed by atoms with Crippen LogP contribution in [-0.4, -0.2) is 24.0 Å². The van der Waals surface area contributed by atoms with Crippen molar-refractivity contribution in [2.75, 3.05) is 13.6 Å². The van der Waals surface area contributed by atoms with Crippen molar-refractivity contribution < 1.29 is 0 Å². The minimum absolute atomic E-state index is 0.0868. The predicted octanol–water partition coefficient (Wildman–Crippen LogP) is 3.35. The van der Waals surface area contributed by atoms with Crippen LogP contribution in [0.5, 0.6) is 0 Å². The molecule has 4 heteroatoms. The summed E-state index contributed by atoms with van der Waals surface area (Å²) < 4.78 is 0.862. The van der Waals surface area contributed by atoms with E-state index in [2.05, 4.69) is 31.9 Å². The summed E-state index contributed by atoms with van der Waals surface area (Å²) in [4.78, 5) is 3.70. The van der Waals surface area contributed by atoms with Gasteiger partial charge in [0.15, 0.2) is 0 Å². The van der Waals surface area contributed by atoms with E-state index in [1.165, 1.54) is 17.7 Å². The van der Waals surface area contributed by atoms with Gasteiger partial charge in [0.25, 0.3) is 0 Å². The molecule has 0 bridgehead atoms. The zero-order chi connectivity index (χ0) is 12.7. The Labute approximate surface area is 113 Å².